The molecule has 0 spiro atoms. The summed E-state index contributed by atoms with van der Waals surface area (Å²) in [6, 6.07) is 14.0. The molecule has 2 bridgehead atoms. The lowest BCUT2D eigenvalue weighted by Crippen LogP contribution is -2.51. The molecular formula is C24H30N6OS. The lowest BCUT2D eigenvalue weighted by Gasteiger charge is -2.34. The van der Waals surface area contributed by atoms with E-state index in [1.807, 2.05) is 26.2 Å². The van der Waals surface area contributed by atoms with Crippen LogP contribution in [0.1, 0.15) is 28.1 Å². The highest BCUT2D eigenvalue weighted by Gasteiger charge is 2.32. The van der Waals surface area contributed by atoms with E-state index in [1.54, 1.807) is 0 Å². The fraction of sp³-hybridized carbons (Fsp3) is 0.417. The van der Waals surface area contributed by atoms with E-state index in [0.29, 0.717) is 23.5 Å². The summed E-state index contributed by atoms with van der Waals surface area (Å²) in [6.07, 6.45) is 3.39. The van der Waals surface area contributed by atoms with Gasteiger partial charge in [0.25, 0.3) is 5.91 Å². The van der Waals surface area contributed by atoms with Crippen molar-refractivity contribution in [2.45, 2.75) is 31.3 Å². The standard InChI is InChI=1S/C24H30N6OS/c1-25-20-10-9-19-21(26-2)22(32-24(19)29-20)23(31)27-12-11-15-3-7-18(8-4-15)30-13-16-5-6-17(14-30)28-16/h3-4,7-10,16-17,26,28H,5-6,11-14H2,1-2H3,(H,25,29)(H,27,31)/t16-,17+. The van der Waals surface area contributed by atoms with Gasteiger partial charge in [-0.05, 0) is 49.1 Å². The third-order valence-corrected chi connectivity index (χ3v) is 7.58. The molecular weight excluding hydrogens is 420 g/mol. The molecule has 8 heteroatoms. The monoisotopic (exact) mass is 450 g/mol. The van der Waals surface area contributed by atoms with Crippen LogP contribution in [0.25, 0.3) is 10.2 Å². The first kappa shape index (κ1) is 21.0. The van der Waals surface area contributed by atoms with Crippen molar-refractivity contribution < 1.29 is 4.79 Å². The number of hydrogen-bond acceptors (Lipinski definition) is 7. The van der Waals surface area contributed by atoms with E-state index in [0.717, 1.165) is 41.2 Å². The Bertz CT molecular complexity index is 1100. The molecule has 3 aromatic rings. The largest absolute Gasteiger partial charge is 0.386 e. The average molecular weight is 451 g/mol. The molecule has 4 N–H and O–H groups in total. The highest BCUT2D eigenvalue weighted by Crippen LogP contribution is 2.35. The number of aromatic nitrogens is 1. The van der Waals surface area contributed by atoms with Gasteiger partial charge in [0, 0.05) is 56.9 Å². The molecule has 2 atom stereocenters. The minimum atomic E-state index is -0.0590. The number of nitrogens with one attached hydrogen (secondary N) is 4. The zero-order valence-electron chi connectivity index (χ0n) is 18.6. The van der Waals surface area contributed by atoms with Crippen molar-refractivity contribution in [2.24, 2.45) is 0 Å². The van der Waals surface area contributed by atoms with Gasteiger partial charge < -0.3 is 26.2 Å². The van der Waals surface area contributed by atoms with Gasteiger partial charge >= 0.3 is 0 Å². The van der Waals surface area contributed by atoms with Crippen LogP contribution in [0.4, 0.5) is 17.2 Å². The molecule has 0 aliphatic carbocycles. The van der Waals surface area contributed by atoms with Crippen LogP contribution in [0.2, 0.25) is 0 Å². The molecule has 2 saturated heterocycles. The van der Waals surface area contributed by atoms with Gasteiger partial charge in [-0.2, -0.15) is 0 Å². The zero-order valence-corrected chi connectivity index (χ0v) is 19.4. The van der Waals surface area contributed by atoms with Gasteiger partial charge in [0.2, 0.25) is 0 Å². The Labute approximate surface area is 192 Å². The Balaban J connectivity index is 1.20. The summed E-state index contributed by atoms with van der Waals surface area (Å²) in [6.45, 7) is 2.79. The summed E-state index contributed by atoms with van der Waals surface area (Å²) in [7, 11) is 3.68. The van der Waals surface area contributed by atoms with Crippen LogP contribution in [0.15, 0.2) is 36.4 Å². The summed E-state index contributed by atoms with van der Waals surface area (Å²) < 4.78 is 0. The second-order valence-electron chi connectivity index (χ2n) is 8.57. The number of pyridine rings is 1. The summed E-state index contributed by atoms with van der Waals surface area (Å²) in [4.78, 5) is 21.5. The van der Waals surface area contributed by atoms with Crippen molar-refractivity contribution in [2.75, 3.05) is 49.3 Å². The first-order valence-electron chi connectivity index (χ1n) is 11.3. The van der Waals surface area contributed by atoms with Crippen molar-refractivity contribution in [3.05, 3.63) is 46.8 Å². The Morgan fingerprint density at radius 2 is 1.84 bits per heavy atom. The van der Waals surface area contributed by atoms with Gasteiger partial charge in [-0.3, -0.25) is 4.79 Å². The van der Waals surface area contributed by atoms with Gasteiger partial charge in [-0.15, -0.1) is 11.3 Å². The van der Waals surface area contributed by atoms with Crippen molar-refractivity contribution in [3.8, 4) is 0 Å². The molecule has 2 fully saturated rings. The van der Waals surface area contributed by atoms with Crippen LogP contribution in [0, 0.1) is 0 Å². The number of rotatable bonds is 7. The number of thiophene rings is 1. The summed E-state index contributed by atoms with van der Waals surface area (Å²) >= 11 is 1.42. The fourth-order valence-electron chi connectivity index (χ4n) is 4.81. The van der Waals surface area contributed by atoms with E-state index in [1.165, 1.54) is 35.4 Å². The number of hydrogen-bond donors (Lipinski definition) is 4. The SMILES string of the molecule is CNc1ccc2c(NC)c(C(=O)NCCc3ccc(N4C[C@H]5CC[C@@H](C4)N5)cc3)sc2n1. The Hall–Kier alpha value is -2.84. The maximum Gasteiger partial charge on any atom is 0.263 e. The molecule has 168 valence electrons. The van der Waals surface area contributed by atoms with Crippen molar-refractivity contribution in [3.63, 3.8) is 0 Å². The number of piperazine rings is 1. The highest BCUT2D eigenvalue weighted by molar-refractivity contribution is 7.21. The van der Waals surface area contributed by atoms with E-state index >= 15 is 0 Å². The second kappa shape index (κ2) is 8.96. The zero-order chi connectivity index (χ0) is 22.1. The predicted octanol–water partition coefficient (Wildman–Crippen LogP) is 3.29. The molecule has 5 rings (SSSR count). The summed E-state index contributed by atoms with van der Waals surface area (Å²) in [5, 5.41) is 14.0. The molecule has 2 aliphatic heterocycles. The Morgan fingerprint density at radius 1 is 1.09 bits per heavy atom. The maximum atomic E-state index is 12.9. The van der Waals surface area contributed by atoms with E-state index in [4.69, 9.17) is 0 Å². The number of fused-ring (bicyclic) bond motifs is 3. The molecule has 2 aliphatic rings. The molecule has 1 amide bonds. The van der Waals surface area contributed by atoms with E-state index in [2.05, 4.69) is 55.4 Å². The Morgan fingerprint density at radius 3 is 2.53 bits per heavy atom. The molecule has 1 aromatic carbocycles. The second-order valence-corrected chi connectivity index (χ2v) is 9.57. The van der Waals surface area contributed by atoms with Crippen molar-refractivity contribution in [1.82, 2.24) is 15.6 Å². The molecule has 32 heavy (non-hydrogen) atoms. The summed E-state index contributed by atoms with van der Waals surface area (Å²) in [5.74, 6) is 0.738. The normalized spacial score (nSPS) is 19.9. The lowest BCUT2D eigenvalue weighted by atomic mass is 10.1. The molecule has 7 nitrogen and oxygen atoms in total. The van der Waals surface area contributed by atoms with E-state index < -0.39 is 0 Å². The first-order valence-corrected chi connectivity index (χ1v) is 12.1. The van der Waals surface area contributed by atoms with Gasteiger partial charge in [0.05, 0.1) is 5.69 Å². The number of carbonyl (C=O) groups is 1. The van der Waals surface area contributed by atoms with E-state index in [-0.39, 0.29) is 5.91 Å². The Kier molecular flexibility index (Phi) is 5.89. The maximum absolute atomic E-state index is 12.9. The number of amides is 1. The molecule has 2 aromatic heterocycles. The highest BCUT2D eigenvalue weighted by atomic mass is 32.1. The average Bonchev–Trinajstić information content (AvgIpc) is 3.37. The van der Waals surface area contributed by atoms with Crippen molar-refractivity contribution in [1.29, 1.82) is 0 Å². The first-order chi connectivity index (χ1) is 15.6. The topological polar surface area (TPSA) is 81.3 Å². The van der Waals surface area contributed by atoms with E-state index in [9.17, 15) is 4.79 Å². The van der Waals surface area contributed by atoms with Crippen molar-refractivity contribution >= 4 is 44.7 Å². The van der Waals surface area contributed by atoms with Gasteiger partial charge in [-0.1, -0.05) is 12.1 Å². The molecule has 0 unspecified atom stereocenters. The van der Waals surface area contributed by atoms with Crippen LogP contribution >= 0.6 is 11.3 Å². The third kappa shape index (κ3) is 4.12. The number of benzene rings is 1. The van der Waals surface area contributed by atoms with Crippen LogP contribution < -0.4 is 26.2 Å². The van der Waals surface area contributed by atoms with Gasteiger partial charge in [-0.25, -0.2) is 4.98 Å². The van der Waals surface area contributed by atoms with Crippen LogP contribution in [-0.2, 0) is 6.42 Å². The van der Waals surface area contributed by atoms with Gasteiger partial charge in [0.15, 0.2) is 0 Å². The number of nitrogens with zero attached hydrogens (tertiary/aromatic N) is 2. The molecule has 0 saturated carbocycles. The lowest BCUT2D eigenvalue weighted by molar-refractivity contribution is 0.0959. The minimum Gasteiger partial charge on any atom is -0.386 e. The minimum absolute atomic E-state index is 0.0590. The quantitative estimate of drug-likeness (QED) is 0.442. The molecule has 4 heterocycles. The predicted molar refractivity (Wildman–Crippen MR) is 133 cm³/mol. The van der Waals surface area contributed by atoms with Crippen LogP contribution in [0.5, 0.6) is 0 Å². The summed E-state index contributed by atoms with van der Waals surface area (Å²) in [5.41, 5.74) is 3.37. The number of anilines is 3. The molecule has 0 radical (unpaired) electrons. The third-order valence-electron chi connectivity index (χ3n) is 6.49. The van der Waals surface area contributed by atoms with Crippen LogP contribution in [0.3, 0.4) is 0 Å². The fourth-order valence-corrected chi connectivity index (χ4v) is 5.90. The number of carbonyl (C=O) groups excluding carboxylic acids is 1. The van der Waals surface area contributed by atoms with Gasteiger partial charge in [0.1, 0.15) is 15.5 Å². The van der Waals surface area contributed by atoms with Crippen LogP contribution in [-0.4, -0.2) is 56.7 Å². The smallest absolute Gasteiger partial charge is 0.263 e.